The lowest BCUT2D eigenvalue weighted by atomic mass is 9.70. The maximum absolute atomic E-state index is 11.7. The Morgan fingerprint density at radius 3 is 2.71 bits per heavy atom. The highest BCUT2D eigenvalue weighted by atomic mass is 16.7. The van der Waals surface area contributed by atoms with Crippen molar-refractivity contribution in [2.75, 3.05) is 14.2 Å². The molecule has 1 saturated carbocycles. The summed E-state index contributed by atoms with van der Waals surface area (Å²) in [7, 11) is 3.16. The first kappa shape index (κ1) is 14.8. The van der Waals surface area contributed by atoms with Crippen LogP contribution in [0.5, 0.6) is 0 Å². The van der Waals surface area contributed by atoms with Crippen molar-refractivity contribution in [2.45, 2.75) is 56.8 Å². The fourth-order valence-electron chi connectivity index (χ4n) is 4.80. The fraction of sp³-hybridized carbons (Fsp3) is 0.765. The van der Waals surface area contributed by atoms with E-state index >= 15 is 0 Å². The van der Waals surface area contributed by atoms with Gasteiger partial charge < -0.3 is 14.2 Å². The lowest BCUT2D eigenvalue weighted by Crippen LogP contribution is -2.51. The van der Waals surface area contributed by atoms with Crippen molar-refractivity contribution in [1.82, 2.24) is 0 Å². The zero-order valence-electron chi connectivity index (χ0n) is 13.2. The number of methoxy groups -OCH3 is 2. The Balaban J connectivity index is 1.98. The first-order valence-corrected chi connectivity index (χ1v) is 7.67. The van der Waals surface area contributed by atoms with E-state index in [1.165, 1.54) is 7.11 Å². The van der Waals surface area contributed by atoms with Crippen LogP contribution in [0.25, 0.3) is 0 Å². The number of hydrogen-bond acceptors (Lipinski definition) is 4. The van der Waals surface area contributed by atoms with Gasteiger partial charge in [-0.1, -0.05) is 13.5 Å². The minimum Gasteiger partial charge on any atom is -0.469 e. The van der Waals surface area contributed by atoms with Gasteiger partial charge in [-0.2, -0.15) is 0 Å². The molecule has 3 aliphatic rings. The van der Waals surface area contributed by atoms with Crippen molar-refractivity contribution in [3.8, 4) is 0 Å². The predicted octanol–water partition coefficient (Wildman–Crippen LogP) is 2.97. The van der Waals surface area contributed by atoms with Crippen LogP contribution >= 0.6 is 0 Å². The van der Waals surface area contributed by atoms with Gasteiger partial charge in [0.05, 0.1) is 13.5 Å². The van der Waals surface area contributed by atoms with E-state index in [1.54, 1.807) is 7.11 Å². The molecular weight excluding hydrogens is 268 g/mol. The number of carbonyl (C=O) groups is 1. The van der Waals surface area contributed by atoms with Gasteiger partial charge in [0.2, 0.25) is 0 Å². The number of carbonyl (C=O) groups excluding carboxylic acids is 1. The molecule has 116 valence electrons. The summed E-state index contributed by atoms with van der Waals surface area (Å²) in [6, 6.07) is 0. The van der Waals surface area contributed by atoms with Crippen LogP contribution in [0.2, 0.25) is 0 Å². The number of fused-ring (bicyclic) bond motifs is 1. The van der Waals surface area contributed by atoms with Gasteiger partial charge in [-0.05, 0) is 19.3 Å². The molecule has 0 unspecified atom stereocenters. The molecule has 1 spiro atoms. The Kier molecular flexibility index (Phi) is 3.32. The number of rotatable bonds is 3. The van der Waals surface area contributed by atoms with E-state index in [0.29, 0.717) is 6.42 Å². The molecule has 2 bridgehead atoms. The molecule has 2 heterocycles. The van der Waals surface area contributed by atoms with Crippen LogP contribution in [0.4, 0.5) is 0 Å². The average Bonchev–Trinajstić information content (AvgIpc) is 2.94. The van der Waals surface area contributed by atoms with Gasteiger partial charge >= 0.3 is 5.97 Å². The van der Waals surface area contributed by atoms with Crippen molar-refractivity contribution in [3.63, 3.8) is 0 Å². The smallest absolute Gasteiger partial charge is 0.306 e. The molecule has 2 saturated heterocycles. The zero-order chi connectivity index (χ0) is 15.3. The molecule has 1 aliphatic carbocycles. The van der Waals surface area contributed by atoms with Gasteiger partial charge in [-0.15, -0.1) is 5.73 Å². The highest BCUT2D eigenvalue weighted by Gasteiger charge is 2.68. The van der Waals surface area contributed by atoms with E-state index in [9.17, 15) is 4.79 Å². The summed E-state index contributed by atoms with van der Waals surface area (Å²) >= 11 is 0. The largest absolute Gasteiger partial charge is 0.469 e. The van der Waals surface area contributed by atoms with Crippen LogP contribution in [0.15, 0.2) is 17.9 Å². The van der Waals surface area contributed by atoms with Crippen LogP contribution in [-0.4, -0.2) is 31.6 Å². The van der Waals surface area contributed by atoms with E-state index in [4.69, 9.17) is 14.2 Å². The third-order valence-corrected chi connectivity index (χ3v) is 5.99. The Bertz CT molecular complexity index is 521. The third-order valence-electron chi connectivity index (χ3n) is 5.99. The van der Waals surface area contributed by atoms with Crippen molar-refractivity contribution >= 4 is 5.97 Å². The van der Waals surface area contributed by atoms with Crippen molar-refractivity contribution in [3.05, 3.63) is 17.9 Å². The maximum Gasteiger partial charge on any atom is 0.306 e. The lowest BCUT2D eigenvalue weighted by Gasteiger charge is -2.48. The number of ether oxygens (including phenoxy) is 3. The third kappa shape index (κ3) is 1.86. The summed E-state index contributed by atoms with van der Waals surface area (Å²) in [5, 5.41) is 0. The summed E-state index contributed by atoms with van der Waals surface area (Å²) in [5.74, 6) is -0.519. The summed E-state index contributed by atoms with van der Waals surface area (Å²) in [6.45, 7) is 6.14. The SMILES string of the molecule is C=C=C1[C@H](CC(=O)OC)C[C@]2(C)CC[C@]3(OC)CC[C@]12O3. The molecular formula is C17H24O4. The predicted molar refractivity (Wildman–Crippen MR) is 77.5 cm³/mol. The molecule has 3 fully saturated rings. The normalized spacial score (nSPS) is 44.3. The minimum absolute atomic E-state index is 0.0320. The molecule has 3 rings (SSSR count). The van der Waals surface area contributed by atoms with E-state index in [-0.39, 0.29) is 22.9 Å². The van der Waals surface area contributed by atoms with Crippen LogP contribution in [0.3, 0.4) is 0 Å². The second kappa shape index (κ2) is 4.70. The molecule has 2 aliphatic heterocycles. The highest BCUT2D eigenvalue weighted by molar-refractivity contribution is 5.70. The van der Waals surface area contributed by atoms with E-state index in [0.717, 1.165) is 37.7 Å². The van der Waals surface area contributed by atoms with Gasteiger partial charge in [0.1, 0.15) is 5.60 Å². The summed E-state index contributed by atoms with van der Waals surface area (Å²) in [4.78, 5) is 11.7. The second-order valence-corrected chi connectivity index (χ2v) is 6.88. The molecule has 4 heteroatoms. The molecule has 0 radical (unpaired) electrons. The second-order valence-electron chi connectivity index (χ2n) is 6.88. The van der Waals surface area contributed by atoms with Crippen LogP contribution < -0.4 is 0 Å². The average molecular weight is 292 g/mol. The molecule has 0 aromatic carbocycles. The van der Waals surface area contributed by atoms with Gasteiger partial charge in [0.25, 0.3) is 0 Å². The summed E-state index contributed by atoms with van der Waals surface area (Å²) < 4.78 is 17.0. The summed E-state index contributed by atoms with van der Waals surface area (Å²) in [5.41, 5.74) is 3.83. The van der Waals surface area contributed by atoms with Gasteiger partial charge in [-0.25, -0.2) is 0 Å². The van der Waals surface area contributed by atoms with E-state index < -0.39 is 5.79 Å². The Labute approximate surface area is 126 Å². The molecule has 0 N–H and O–H groups in total. The Morgan fingerprint density at radius 1 is 1.38 bits per heavy atom. The zero-order valence-corrected chi connectivity index (χ0v) is 13.2. The molecule has 0 aromatic heterocycles. The standard InChI is InChI=1S/C17H24O4/c1-5-13-12(10-14(18)19-3)11-15(2)6-7-16(20-4)8-9-17(13,15)21-16/h12H,1,6-11H2,2-4H3/t12-,15+,16-,17+/m1/s1. The van der Waals surface area contributed by atoms with Gasteiger partial charge in [0.15, 0.2) is 5.79 Å². The van der Waals surface area contributed by atoms with Crippen LogP contribution in [0, 0.1) is 11.3 Å². The fourth-order valence-corrected chi connectivity index (χ4v) is 4.80. The highest BCUT2D eigenvalue weighted by Crippen LogP contribution is 2.67. The maximum atomic E-state index is 11.7. The molecule has 0 amide bonds. The quantitative estimate of drug-likeness (QED) is 0.592. The molecule has 21 heavy (non-hydrogen) atoms. The minimum atomic E-state index is -0.457. The first-order valence-electron chi connectivity index (χ1n) is 7.67. The Hall–Kier alpha value is -1.09. The van der Waals surface area contributed by atoms with Crippen molar-refractivity contribution in [1.29, 1.82) is 0 Å². The number of hydrogen-bond donors (Lipinski definition) is 0. The molecule has 4 nitrogen and oxygen atoms in total. The summed E-state index contributed by atoms with van der Waals surface area (Å²) in [6.07, 6.45) is 5.09. The van der Waals surface area contributed by atoms with Crippen LogP contribution in [-0.2, 0) is 19.0 Å². The van der Waals surface area contributed by atoms with E-state index in [2.05, 4.69) is 19.2 Å². The molecule has 4 atom stereocenters. The monoisotopic (exact) mass is 292 g/mol. The lowest BCUT2D eigenvalue weighted by molar-refractivity contribution is -0.280. The number of esters is 1. The van der Waals surface area contributed by atoms with Crippen molar-refractivity contribution in [2.24, 2.45) is 11.3 Å². The van der Waals surface area contributed by atoms with Crippen molar-refractivity contribution < 1.29 is 19.0 Å². The van der Waals surface area contributed by atoms with Gasteiger partial charge in [-0.3, -0.25) is 4.79 Å². The Morgan fingerprint density at radius 2 is 2.10 bits per heavy atom. The van der Waals surface area contributed by atoms with E-state index in [1.807, 2.05) is 0 Å². The van der Waals surface area contributed by atoms with Crippen LogP contribution in [0.1, 0.15) is 45.4 Å². The van der Waals surface area contributed by atoms with Gasteiger partial charge in [0, 0.05) is 36.9 Å². The first-order chi connectivity index (χ1) is 9.94. The topological polar surface area (TPSA) is 44.8 Å². The molecule has 0 aromatic rings.